The van der Waals surface area contributed by atoms with Gasteiger partial charge in [0.05, 0.1) is 19.8 Å². The first kappa shape index (κ1) is 32.2. The number of nitrogens with one attached hydrogen (secondary N) is 1. The van der Waals surface area contributed by atoms with Gasteiger partial charge in [-0.1, -0.05) is 121 Å². The van der Waals surface area contributed by atoms with Gasteiger partial charge in [0, 0.05) is 44.3 Å². The predicted octanol–water partition coefficient (Wildman–Crippen LogP) is 7.93. The van der Waals surface area contributed by atoms with Gasteiger partial charge < -0.3 is 14.8 Å². The molecule has 5 aromatic rings. The van der Waals surface area contributed by atoms with E-state index in [2.05, 4.69) is 154 Å². The molecule has 8 rings (SSSR count). The quantitative estimate of drug-likeness (QED) is 0.165. The number of anilines is 1. The van der Waals surface area contributed by atoms with Crippen LogP contribution < -0.4 is 5.32 Å². The Kier molecular flexibility index (Phi) is 9.48. The fourth-order valence-electron chi connectivity index (χ4n) is 8.83. The highest BCUT2D eigenvalue weighted by molar-refractivity contribution is 5.87. The lowest BCUT2D eigenvalue weighted by atomic mass is 9.66. The Balaban J connectivity index is 1.45. The van der Waals surface area contributed by atoms with Crippen LogP contribution in [0.2, 0.25) is 0 Å². The SMILES string of the molecule is c1ccc(COC2(c3cccc4ccccc34)C(Cc3ccccc3)CCN(N3CCOCC3)C2(Nc2ccccc2)N2CCCC2)cc1. The highest BCUT2D eigenvalue weighted by atomic mass is 16.5. The zero-order valence-electron chi connectivity index (χ0n) is 28.4. The monoisotopic (exact) mass is 652 g/mol. The van der Waals surface area contributed by atoms with E-state index in [4.69, 9.17) is 9.47 Å². The molecular weight excluding hydrogens is 604 g/mol. The highest BCUT2D eigenvalue weighted by Crippen LogP contribution is 2.56. The number of hydrogen-bond acceptors (Lipinski definition) is 6. The zero-order chi connectivity index (χ0) is 32.9. The van der Waals surface area contributed by atoms with Crippen LogP contribution in [0.4, 0.5) is 5.69 Å². The van der Waals surface area contributed by atoms with Gasteiger partial charge in [0.1, 0.15) is 5.60 Å². The Morgan fingerprint density at radius 3 is 2.02 bits per heavy atom. The number of rotatable bonds is 10. The van der Waals surface area contributed by atoms with Gasteiger partial charge in [-0.3, -0.25) is 4.90 Å². The second kappa shape index (κ2) is 14.4. The van der Waals surface area contributed by atoms with Crippen LogP contribution >= 0.6 is 0 Å². The maximum atomic E-state index is 7.95. The van der Waals surface area contributed by atoms with Crippen LogP contribution in [0.25, 0.3) is 10.8 Å². The van der Waals surface area contributed by atoms with E-state index >= 15 is 0 Å². The van der Waals surface area contributed by atoms with Crippen molar-refractivity contribution >= 4 is 16.5 Å². The number of piperidine rings is 1. The van der Waals surface area contributed by atoms with E-state index in [9.17, 15) is 0 Å². The summed E-state index contributed by atoms with van der Waals surface area (Å²) in [6.45, 7) is 6.52. The molecule has 0 amide bonds. The van der Waals surface area contributed by atoms with Crippen LogP contribution in [0.3, 0.4) is 0 Å². The standard InChI is InChI=1S/C43H48N4O2/c1-4-15-35(16-5-1)33-38-25-28-47(46-29-31-48-32-30-46)43(45-26-12-13-27-45,44-39-21-8-3-9-22-39)42(38,49-34-36-17-6-2-7-18-36)41-24-14-20-37-19-10-11-23-40(37)41/h1-11,14-24,38,44H,12-13,25-34H2. The van der Waals surface area contributed by atoms with Gasteiger partial charge in [-0.15, -0.1) is 0 Å². The molecule has 0 bridgehead atoms. The summed E-state index contributed by atoms with van der Waals surface area (Å²) in [4.78, 5) is 2.74. The first-order valence-corrected chi connectivity index (χ1v) is 18.2. The summed E-state index contributed by atoms with van der Waals surface area (Å²) in [6.07, 6.45) is 4.20. The van der Waals surface area contributed by atoms with Crippen molar-refractivity contribution in [3.63, 3.8) is 0 Å². The van der Waals surface area contributed by atoms with Gasteiger partial charge in [-0.05, 0) is 65.3 Å². The molecular formula is C43H48N4O2. The molecule has 3 atom stereocenters. The smallest absolute Gasteiger partial charge is 0.196 e. The third-order valence-electron chi connectivity index (χ3n) is 11.0. The van der Waals surface area contributed by atoms with E-state index in [0.717, 1.165) is 77.3 Å². The summed E-state index contributed by atoms with van der Waals surface area (Å²) in [7, 11) is 0. The number of ether oxygens (including phenoxy) is 2. The Labute approximate surface area is 291 Å². The minimum Gasteiger partial charge on any atom is -0.379 e. The second-order valence-electron chi connectivity index (χ2n) is 13.8. The van der Waals surface area contributed by atoms with Crippen LogP contribution in [0, 0.1) is 5.92 Å². The first-order valence-electron chi connectivity index (χ1n) is 18.2. The third kappa shape index (κ3) is 6.07. The van der Waals surface area contributed by atoms with E-state index in [1.54, 1.807) is 0 Å². The number of para-hydroxylation sites is 1. The Morgan fingerprint density at radius 2 is 1.29 bits per heavy atom. The second-order valence-corrected chi connectivity index (χ2v) is 13.8. The largest absolute Gasteiger partial charge is 0.379 e. The lowest BCUT2D eigenvalue weighted by molar-refractivity contribution is -0.312. The molecule has 252 valence electrons. The normalized spacial score (nSPS) is 25.4. The highest BCUT2D eigenvalue weighted by Gasteiger charge is 2.68. The van der Waals surface area contributed by atoms with E-state index in [1.807, 2.05) is 0 Å². The summed E-state index contributed by atoms with van der Waals surface area (Å²) in [5.41, 5.74) is 4.06. The van der Waals surface area contributed by atoms with Gasteiger partial charge >= 0.3 is 0 Å². The number of fused-ring (bicyclic) bond motifs is 1. The summed E-state index contributed by atoms with van der Waals surface area (Å²) < 4.78 is 13.9. The molecule has 49 heavy (non-hydrogen) atoms. The van der Waals surface area contributed by atoms with Crippen molar-refractivity contribution in [3.05, 3.63) is 150 Å². The zero-order valence-corrected chi connectivity index (χ0v) is 28.4. The molecule has 0 saturated carbocycles. The van der Waals surface area contributed by atoms with Crippen LogP contribution in [0.15, 0.2) is 133 Å². The lowest BCUT2D eigenvalue weighted by Gasteiger charge is -2.66. The van der Waals surface area contributed by atoms with Crippen molar-refractivity contribution in [1.82, 2.24) is 14.9 Å². The van der Waals surface area contributed by atoms with Crippen molar-refractivity contribution in [2.45, 2.75) is 43.7 Å². The molecule has 6 nitrogen and oxygen atoms in total. The summed E-state index contributed by atoms with van der Waals surface area (Å²) in [5, 5.41) is 12.1. The van der Waals surface area contributed by atoms with Crippen molar-refractivity contribution < 1.29 is 9.47 Å². The summed E-state index contributed by atoms with van der Waals surface area (Å²) in [5.74, 6) is -0.600. The van der Waals surface area contributed by atoms with Crippen molar-refractivity contribution in [2.75, 3.05) is 51.3 Å². The van der Waals surface area contributed by atoms with Gasteiger partial charge in [0.25, 0.3) is 0 Å². The summed E-state index contributed by atoms with van der Waals surface area (Å²) >= 11 is 0. The fourth-order valence-corrected chi connectivity index (χ4v) is 8.83. The molecule has 1 N–H and O–H groups in total. The maximum absolute atomic E-state index is 7.95. The Bertz CT molecular complexity index is 1790. The van der Waals surface area contributed by atoms with E-state index in [0.29, 0.717) is 6.61 Å². The van der Waals surface area contributed by atoms with E-state index in [-0.39, 0.29) is 5.92 Å². The predicted molar refractivity (Wildman–Crippen MR) is 198 cm³/mol. The topological polar surface area (TPSA) is 40.2 Å². The number of morpholine rings is 1. The molecule has 5 aromatic carbocycles. The van der Waals surface area contributed by atoms with E-state index < -0.39 is 11.4 Å². The number of benzene rings is 5. The minimum atomic E-state index is -0.809. The lowest BCUT2D eigenvalue weighted by Crippen LogP contribution is -2.82. The summed E-state index contributed by atoms with van der Waals surface area (Å²) in [6, 6.07) is 48.4. The number of likely N-dealkylation sites (tertiary alicyclic amines) is 1. The molecule has 3 heterocycles. The van der Waals surface area contributed by atoms with Crippen molar-refractivity contribution in [2.24, 2.45) is 5.92 Å². The van der Waals surface area contributed by atoms with Crippen molar-refractivity contribution in [1.29, 1.82) is 0 Å². The first-order chi connectivity index (χ1) is 24.3. The molecule has 3 fully saturated rings. The third-order valence-corrected chi connectivity index (χ3v) is 11.0. The van der Waals surface area contributed by atoms with Gasteiger partial charge in [0.2, 0.25) is 0 Å². The van der Waals surface area contributed by atoms with Gasteiger partial charge in [-0.25, -0.2) is 10.0 Å². The molecule has 0 aliphatic carbocycles. The van der Waals surface area contributed by atoms with Crippen LogP contribution in [-0.4, -0.2) is 66.6 Å². The van der Waals surface area contributed by atoms with Gasteiger partial charge in [-0.2, -0.15) is 0 Å². The average molecular weight is 653 g/mol. The van der Waals surface area contributed by atoms with Crippen LogP contribution in [0.5, 0.6) is 0 Å². The molecule has 3 unspecified atom stereocenters. The minimum absolute atomic E-state index is 0.151. The van der Waals surface area contributed by atoms with Crippen molar-refractivity contribution in [3.8, 4) is 0 Å². The molecule has 3 saturated heterocycles. The van der Waals surface area contributed by atoms with Crippen LogP contribution in [-0.2, 0) is 28.1 Å². The molecule has 0 aromatic heterocycles. The Morgan fingerprint density at radius 1 is 0.653 bits per heavy atom. The molecule has 0 spiro atoms. The molecule has 3 aliphatic rings. The maximum Gasteiger partial charge on any atom is 0.196 e. The molecule has 6 heteroatoms. The Hall–Kier alpha value is -4.04. The van der Waals surface area contributed by atoms with Crippen LogP contribution in [0.1, 0.15) is 36.0 Å². The van der Waals surface area contributed by atoms with E-state index in [1.165, 1.54) is 27.5 Å². The average Bonchev–Trinajstić information content (AvgIpc) is 3.72. The molecule has 3 aliphatic heterocycles. The number of nitrogens with zero attached hydrogens (tertiary/aromatic N) is 3. The van der Waals surface area contributed by atoms with Gasteiger partial charge in [0.15, 0.2) is 5.79 Å². The fraction of sp³-hybridized carbons (Fsp3) is 0.349. The number of hydrogen-bond donors (Lipinski definition) is 1. The number of hydrazine groups is 1. The molecule has 0 radical (unpaired) electrons.